The molecule has 0 heterocycles. The van der Waals surface area contributed by atoms with Gasteiger partial charge in [0.05, 0.1) is 0 Å². The molecule has 0 spiro atoms. The predicted molar refractivity (Wildman–Crippen MR) is 60.3 cm³/mol. The third-order valence-corrected chi connectivity index (χ3v) is 3.50. The zero-order valence-corrected chi connectivity index (χ0v) is 9.61. The highest BCUT2D eigenvalue weighted by atomic mass is 35.5. The van der Waals surface area contributed by atoms with Crippen molar-refractivity contribution >= 4 is 11.6 Å². The summed E-state index contributed by atoms with van der Waals surface area (Å²) in [5, 5.41) is 0.164. The van der Waals surface area contributed by atoms with E-state index in [1.165, 1.54) is 0 Å². The van der Waals surface area contributed by atoms with Gasteiger partial charge in [-0.3, -0.25) is 0 Å². The van der Waals surface area contributed by atoms with Crippen LogP contribution in [-0.2, 0) is 6.42 Å². The Labute approximate surface area is 98.6 Å². The third kappa shape index (κ3) is 2.53. The van der Waals surface area contributed by atoms with E-state index < -0.39 is 11.6 Å². The molecule has 1 aliphatic carbocycles. The lowest BCUT2D eigenvalue weighted by molar-refractivity contribution is 0.457. The molecule has 4 heteroatoms. The number of halogens is 3. The lowest BCUT2D eigenvalue weighted by Crippen LogP contribution is -2.19. The summed E-state index contributed by atoms with van der Waals surface area (Å²) in [6.45, 7) is 0.526. The number of hydrogen-bond donors (Lipinski definition) is 1. The Bertz CT molecular complexity index is 368. The van der Waals surface area contributed by atoms with E-state index in [2.05, 4.69) is 0 Å². The molecule has 1 aromatic carbocycles. The van der Waals surface area contributed by atoms with Gasteiger partial charge in [0, 0.05) is 16.7 Å². The van der Waals surface area contributed by atoms with E-state index in [9.17, 15) is 8.78 Å². The molecule has 1 aromatic rings. The van der Waals surface area contributed by atoms with Crippen LogP contribution < -0.4 is 5.73 Å². The summed E-state index contributed by atoms with van der Waals surface area (Å²) in [7, 11) is 0. The standard InChI is InChI=1S/C12H14ClF2N/c13-11-4-9(14)5-12(15)10(11)3-8(6-16)7-1-2-7/h4-5,7-8H,1-3,6,16H2. The van der Waals surface area contributed by atoms with Gasteiger partial charge in [-0.25, -0.2) is 8.78 Å². The fourth-order valence-corrected chi connectivity index (χ4v) is 2.31. The van der Waals surface area contributed by atoms with Gasteiger partial charge in [-0.2, -0.15) is 0 Å². The Morgan fingerprint density at radius 3 is 2.56 bits per heavy atom. The first kappa shape index (κ1) is 11.8. The molecule has 1 aliphatic rings. The molecule has 1 nitrogen and oxygen atoms in total. The first-order valence-electron chi connectivity index (χ1n) is 5.45. The van der Waals surface area contributed by atoms with Crippen LogP contribution in [0.2, 0.25) is 5.02 Å². The lowest BCUT2D eigenvalue weighted by atomic mass is 9.94. The fourth-order valence-electron chi connectivity index (χ4n) is 2.04. The highest BCUT2D eigenvalue weighted by molar-refractivity contribution is 6.31. The van der Waals surface area contributed by atoms with E-state index in [1.54, 1.807) is 0 Å². The number of hydrogen-bond acceptors (Lipinski definition) is 1. The Balaban J connectivity index is 2.19. The van der Waals surface area contributed by atoms with Crippen molar-refractivity contribution in [2.45, 2.75) is 19.3 Å². The van der Waals surface area contributed by atoms with Crippen LogP contribution in [0.3, 0.4) is 0 Å². The summed E-state index contributed by atoms with van der Waals surface area (Å²) >= 11 is 5.84. The van der Waals surface area contributed by atoms with Gasteiger partial charge in [-0.05, 0) is 43.7 Å². The Morgan fingerprint density at radius 2 is 2.06 bits per heavy atom. The van der Waals surface area contributed by atoms with Crippen molar-refractivity contribution < 1.29 is 8.78 Å². The van der Waals surface area contributed by atoms with Crippen molar-refractivity contribution in [1.82, 2.24) is 0 Å². The van der Waals surface area contributed by atoms with Crippen molar-refractivity contribution in [2.24, 2.45) is 17.6 Å². The first-order valence-corrected chi connectivity index (χ1v) is 5.83. The highest BCUT2D eigenvalue weighted by Gasteiger charge is 2.31. The molecule has 0 aliphatic heterocycles. The van der Waals surface area contributed by atoms with Crippen LogP contribution in [0.25, 0.3) is 0 Å². The average Bonchev–Trinajstić information content (AvgIpc) is 3.00. The molecule has 2 rings (SSSR count). The van der Waals surface area contributed by atoms with E-state index in [-0.39, 0.29) is 10.9 Å². The van der Waals surface area contributed by atoms with Crippen molar-refractivity contribution in [3.8, 4) is 0 Å². The van der Waals surface area contributed by atoms with Crippen LogP contribution in [0.1, 0.15) is 18.4 Å². The molecular weight excluding hydrogens is 232 g/mol. The van der Waals surface area contributed by atoms with Gasteiger partial charge >= 0.3 is 0 Å². The van der Waals surface area contributed by atoms with Gasteiger partial charge in [-0.15, -0.1) is 0 Å². The van der Waals surface area contributed by atoms with Gasteiger partial charge in [0.1, 0.15) is 11.6 Å². The van der Waals surface area contributed by atoms with E-state index in [0.717, 1.165) is 25.0 Å². The average molecular weight is 246 g/mol. The first-order chi connectivity index (χ1) is 7.61. The van der Waals surface area contributed by atoms with Crippen LogP contribution in [0, 0.1) is 23.5 Å². The summed E-state index contributed by atoms with van der Waals surface area (Å²) in [6.07, 6.45) is 2.82. The zero-order valence-electron chi connectivity index (χ0n) is 8.85. The number of benzene rings is 1. The van der Waals surface area contributed by atoms with Crippen molar-refractivity contribution in [3.63, 3.8) is 0 Å². The predicted octanol–water partition coefficient (Wildman–Crippen LogP) is 3.15. The fraction of sp³-hybridized carbons (Fsp3) is 0.500. The number of rotatable bonds is 4. The minimum Gasteiger partial charge on any atom is -0.330 e. The molecule has 0 amide bonds. The van der Waals surface area contributed by atoms with Crippen molar-refractivity contribution in [2.75, 3.05) is 6.54 Å². The highest BCUT2D eigenvalue weighted by Crippen LogP contribution is 2.39. The summed E-state index contributed by atoms with van der Waals surface area (Å²) < 4.78 is 26.4. The van der Waals surface area contributed by atoms with Crippen LogP contribution >= 0.6 is 11.6 Å². The molecule has 1 atom stereocenters. The maximum Gasteiger partial charge on any atom is 0.130 e. The molecule has 88 valence electrons. The van der Waals surface area contributed by atoms with E-state index in [0.29, 0.717) is 24.4 Å². The monoisotopic (exact) mass is 245 g/mol. The summed E-state index contributed by atoms with van der Waals surface area (Å²) in [5.74, 6) is -0.353. The van der Waals surface area contributed by atoms with Gasteiger partial charge in [-0.1, -0.05) is 11.6 Å². The quantitative estimate of drug-likeness (QED) is 0.867. The maximum absolute atomic E-state index is 13.5. The molecule has 1 fully saturated rings. The summed E-state index contributed by atoms with van der Waals surface area (Å²) in [6, 6.07) is 2.03. The second-order valence-electron chi connectivity index (χ2n) is 4.39. The van der Waals surface area contributed by atoms with Crippen LogP contribution in [-0.4, -0.2) is 6.54 Å². The molecule has 2 N–H and O–H groups in total. The van der Waals surface area contributed by atoms with Gasteiger partial charge in [0.25, 0.3) is 0 Å². The normalized spacial score (nSPS) is 17.5. The Hall–Kier alpha value is -0.670. The Kier molecular flexibility index (Phi) is 3.45. The van der Waals surface area contributed by atoms with Crippen molar-refractivity contribution in [1.29, 1.82) is 0 Å². The minimum absolute atomic E-state index is 0.164. The minimum atomic E-state index is -0.637. The summed E-state index contributed by atoms with van der Waals surface area (Å²) in [4.78, 5) is 0. The molecule has 0 saturated heterocycles. The Morgan fingerprint density at radius 1 is 1.38 bits per heavy atom. The largest absolute Gasteiger partial charge is 0.330 e. The van der Waals surface area contributed by atoms with Crippen LogP contribution in [0.4, 0.5) is 8.78 Å². The van der Waals surface area contributed by atoms with Gasteiger partial charge < -0.3 is 5.73 Å². The maximum atomic E-state index is 13.5. The van der Waals surface area contributed by atoms with E-state index in [4.69, 9.17) is 17.3 Å². The number of nitrogens with two attached hydrogens (primary N) is 1. The van der Waals surface area contributed by atoms with Crippen molar-refractivity contribution in [3.05, 3.63) is 34.4 Å². The summed E-state index contributed by atoms with van der Waals surface area (Å²) in [5.41, 5.74) is 6.05. The second-order valence-corrected chi connectivity index (χ2v) is 4.79. The van der Waals surface area contributed by atoms with Crippen LogP contribution in [0.15, 0.2) is 12.1 Å². The lowest BCUT2D eigenvalue weighted by Gasteiger charge is -2.15. The second kappa shape index (κ2) is 4.68. The van der Waals surface area contributed by atoms with E-state index >= 15 is 0 Å². The zero-order chi connectivity index (χ0) is 11.7. The van der Waals surface area contributed by atoms with Gasteiger partial charge in [0.15, 0.2) is 0 Å². The molecule has 1 saturated carbocycles. The molecule has 0 radical (unpaired) electrons. The van der Waals surface area contributed by atoms with Crippen LogP contribution in [0.5, 0.6) is 0 Å². The van der Waals surface area contributed by atoms with Gasteiger partial charge in [0.2, 0.25) is 0 Å². The molecular formula is C12H14ClF2N. The SMILES string of the molecule is NCC(Cc1c(F)cc(F)cc1Cl)C1CC1. The molecule has 0 aromatic heterocycles. The van der Waals surface area contributed by atoms with E-state index in [1.807, 2.05) is 0 Å². The smallest absolute Gasteiger partial charge is 0.130 e. The topological polar surface area (TPSA) is 26.0 Å². The molecule has 0 bridgehead atoms. The molecule has 1 unspecified atom stereocenters. The third-order valence-electron chi connectivity index (χ3n) is 3.16. The molecule has 16 heavy (non-hydrogen) atoms.